The van der Waals surface area contributed by atoms with E-state index in [1.54, 1.807) is 43.9 Å². The number of ether oxygens (including phenoxy) is 4. The van der Waals surface area contributed by atoms with Gasteiger partial charge in [0.15, 0.2) is 11.6 Å². The SMILES string of the molecule is COc1ccc(CN(c2ncns2)S(=O)(=O)c2cc(F)c(OC[C@@H]3CN(C(=O)OC(C)(C)C)C[C@H]3C3=CC=C(Cl)C(C)C3)cc2F)c(OC)c1. The Morgan fingerprint density at radius 3 is 2.48 bits per heavy atom. The molecule has 1 unspecified atom stereocenters. The van der Waals surface area contributed by atoms with Crippen molar-refractivity contribution in [2.24, 2.45) is 17.8 Å². The summed E-state index contributed by atoms with van der Waals surface area (Å²) >= 11 is 7.10. The van der Waals surface area contributed by atoms with Crippen molar-refractivity contribution in [1.82, 2.24) is 14.3 Å². The first-order chi connectivity index (χ1) is 23.6. The van der Waals surface area contributed by atoms with Crippen LogP contribution >= 0.6 is 23.1 Å². The van der Waals surface area contributed by atoms with Crippen molar-refractivity contribution in [1.29, 1.82) is 0 Å². The van der Waals surface area contributed by atoms with Crippen LogP contribution in [0.4, 0.5) is 18.7 Å². The maximum absolute atomic E-state index is 15.8. The van der Waals surface area contributed by atoms with Crippen LogP contribution in [0.2, 0.25) is 0 Å². The van der Waals surface area contributed by atoms with Gasteiger partial charge in [-0.25, -0.2) is 31.3 Å². The van der Waals surface area contributed by atoms with E-state index in [4.69, 9.17) is 30.5 Å². The van der Waals surface area contributed by atoms with Gasteiger partial charge < -0.3 is 23.8 Å². The highest BCUT2D eigenvalue weighted by Crippen LogP contribution is 2.39. The zero-order valence-corrected chi connectivity index (χ0v) is 30.9. The molecule has 270 valence electrons. The van der Waals surface area contributed by atoms with E-state index in [1.165, 1.54) is 14.2 Å². The van der Waals surface area contributed by atoms with E-state index in [0.29, 0.717) is 42.2 Å². The quantitative estimate of drug-likeness (QED) is 0.201. The number of hydrogen-bond donors (Lipinski definition) is 0. The zero-order chi connectivity index (χ0) is 36.4. The molecule has 2 heterocycles. The molecule has 1 aromatic heterocycles. The van der Waals surface area contributed by atoms with E-state index in [2.05, 4.69) is 9.36 Å². The summed E-state index contributed by atoms with van der Waals surface area (Å²) in [6.07, 6.45) is 5.12. The average Bonchev–Trinajstić information content (AvgIpc) is 3.75. The van der Waals surface area contributed by atoms with Gasteiger partial charge in [0.25, 0.3) is 10.0 Å². The number of anilines is 1. The molecule has 1 aliphatic carbocycles. The van der Waals surface area contributed by atoms with E-state index in [1.807, 2.05) is 19.1 Å². The van der Waals surface area contributed by atoms with Crippen LogP contribution in [0.25, 0.3) is 0 Å². The highest BCUT2D eigenvalue weighted by molar-refractivity contribution is 7.93. The van der Waals surface area contributed by atoms with Crippen LogP contribution in [-0.4, -0.2) is 68.3 Å². The van der Waals surface area contributed by atoms with Crippen molar-refractivity contribution in [3.63, 3.8) is 0 Å². The molecule has 1 amide bonds. The lowest BCUT2D eigenvalue weighted by Gasteiger charge is -2.26. The molecule has 2 aliphatic rings. The topological polar surface area (TPSA) is 120 Å². The maximum Gasteiger partial charge on any atom is 0.410 e. The number of nitrogens with zero attached hydrogens (tertiary/aromatic N) is 4. The Labute approximate surface area is 299 Å². The summed E-state index contributed by atoms with van der Waals surface area (Å²) in [5.74, 6) is -2.35. The molecule has 16 heteroatoms. The van der Waals surface area contributed by atoms with Gasteiger partial charge >= 0.3 is 6.09 Å². The summed E-state index contributed by atoms with van der Waals surface area (Å²) < 4.78 is 86.1. The minimum absolute atomic E-state index is 0.0627. The van der Waals surface area contributed by atoms with Crippen LogP contribution < -0.4 is 18.5 Å². The number of hydrogen-bond acceptors (Lipinski definition) is 10. The smallest absolute Gasteiger partial charge is 0.410 e. The minimum Gasteiger partial charge on any atom is -0.497 e. The third-order valence-electron chi connectivity index (χ3n) is 8.42. The number of benzene rings is 2. The summed E-state index contributed by atoms with van der Waals surface area (Å²) in [7, 11) is -1.83. The van der Waals surface area contributed by atoms with Crippen LogP contribution in [0.3, 0.4) is 0 Å². The molecule has 0 saturated carbocycles. The third kappa shape index (κ3) is 8.32. The first-order valence-electron chi connectivity index (χ1n) is 15.8. The minimum atomic E-state index is -4.73. The van der Waals surface area contributed by atoms with Crippen LogP contribution in [0.1, 0.15) is 39.7 Å². The van der Waals surface area contributed by atoms with E-state index >= 15 is 8.78 Å². The largest absolute Gasteiger partial charge is 0.497 e. The number of halogens is 3. The first-order valence-corrected chi connectivity index (χ1v) is 18.4. The number of aromatic nitrogens is 2. The number of sulfonamides is 1. The van der Waals surface area contributed by atoms with Crippen molar-refractivity contribution in [3.05, 3.63) is 76.6 Å². The molecule has 3 aromatic rings. The maximum atomic E-state index is 15.8. The van der Waals surface area contributed by atoms with Crippen LogP contribution in [-0.2, 0) is 21.3 Å². The second-order valence-corrected chi connectivity index (χ2v) is 16.1. The van der Waals surface area contributed by atoms with Gasteiger partial charge in [0, 0.05) is 65.3 Å². The van der Waals surface area contributed by atoms with Crippen LogP contribution in [0.5, 0.6) is 17.2 Å². The predicted octanol–water partition coefficient (Wildman–Crippen LogP) is 7.18. The monoisotopic (exact) mass is 752 g/mol. The lowest BCUT2D eigenvalue weighted by atomic mass is 9.82. The van der Waals surface area contributed by atoms with Gasteiger partial charge in [-0.3, -0.25) is 0 Å². The molecular formula is C34H39ClF2N4O7S2. The molecule has 0 N–H and O–H groups in total. The Morgan fingerprint density at radius 1 is 1.08 bits per heavy atom. The normalized spacial score (nSPS) is 19.5. The van der Waals surface area contributed by atoms with E-state index < -0.39 is 44.0 Å². The molecule has 11 nitrogen and oxygen atoms in total. The van der Waals surface area contributed by atoms with Crippen molar-refractivity contribution in [3.8, 4) is 17.2 Å². The fourth-order valence-corrected chi connectivity index (χ4v) is 8.21. The molecule has 0 bridgehead atoms. The molecule has 0 spiro atoms. The van der Waals surface area contributed by atoms with Gasteiger partial charge in [-0.1, -0.05) is 30.2 Å². The molecule has 1 aliphatic heterocycles. The third-order valence-corrected chi connectivity index (χ3v) is 11.5. The lowest BCUT2D eigenvalue weighted by Crippen LogP contribution is -2.35. The number of rotatable bonds is 11. The summed E-state index contributed by atoms with van der Waals surface area (Å²) in [6, 6.07) is 6.11. The molecule has 0 radical (unpaired) electrons. The van der Waals surface area contributed by atoms with Gasteiger partial charge in [0.05, 0.1) is 27.4 Å². The highest BCUT2D eigenvalue weighted by atomic mass is 35.5. The molecule has 1 saturated heterocycles. The summed E-state index contributed by atoms with van der Waals surface area (Å²) in [5, 5.41) is 0.663. The highest BCUT2D eigenvalue weighted by Gasteiger charge is 2.40. The van der Waals surface area contributed by atoms with Gasteiger partial charge in [-0.2, -0.15) is 4.37 Å². The number of methoxy groups -OCH3 is 2. The lowest BCUT2D eigenvalue weighted by molar-refractivity contribution is 0.0282. The van der Waals surface area contributed by atoms with Gasteiger partial charge in [0.1, 0.15) is 34.1 Å². The molecular weight excluding hydrogens is 714 g/mol. The van der Waals surface area contributed by atoms with Crippen LogP contribution in [0, 0.1) is 29.4 Å². The second-order valence-electron chi connectivity index (χ2n) is 13.1. The predicted molar refractivity (Wildman–Crippen MR) is 185 cm³/mol. The van der Waals surface area contributed by atoms with Gasteiger partial charge in [-0.05, 0) is 51.3 Å². The fourth-order valence-electron chi connectivity index (χ4n) is 5.88. The van der Waals surface area contributed by atoms with Crippen LogP contribution in [0.15, 0.2) is 64.3 Å². The molecule has 2 aromatic carbocycles. The van der Waals surface area contributed by atoms with Crippen molar-refractivity contribution < 1.29 is 40.9 Å². The number of allylic oxidation sites excluding steroid dienone is 3. The molecule has 1 fully saturated rings. The Kier molecular flexibility index (Phi) is 11.3. The average molecular weight is 753 g/mol. The number of carbonyl (C=O) groups is 1. The van der Waals surface area contributed by atoms with E-state index in [0.717, 1.165) is 32.8 Å². The summed E-state index contributed by atoms with van der Waals surface area (Å²) in [5.41, 5.74) is 0.769. The zero-order valence-electron chi connectivity index (χ0n) is 28.5. The van der Waals surface area contributed by atoms with E-state index in [9.17, 15) is 13.2 Å². The first kappa shape index (κ1) is 37.3. The Bertz CT molecular complexity index is 1880. The number of likely N-dealkylation sites (tertiary alicyclic amines) is 1. The van der Waals surface area contributed by atoms with E-state index in [-0.39, 0.29) is 42.6 Å². The Balaban J connectivity index is 1.40. The number of carbonyl (C=O) groups excluding carboxylic acids is 1. The van der Waals surface area contributed by atoms with Crippen molar-refractivity contribution >= 4 is 44.4 Å². The van der Waals surface area contributed by atoms with Gasteiger partial charge in [0.2, 0.25) is 5.13 Å². The second kappa shape index (κ2) is 15.1. The summed E-state index contributed by atoms with van der Waals surface area (Å²) in [6.45, 7) is 7.54. The van der Waals surface area contributed by atoms with Crippen molar-refractivity contribution in [2.75, 3.05) is 38.2 Å². The Morgan fingerprint density at radius 2 is 1.84 bits per heavy atom. The van der Waals surface area contributed by atoms with Crippen molar-refractivity contribution in [2.45, 2.75) is 51.2 Å². The standard InChI is InChI=1S/C34H39ClF2N4O7S2/c1-20-11-21(8-10-26(20)35)25-17-40(33(42)48-34(2,3)4)15-23(25)18-47-30-13-28(37)31(14-27(30)36)50(43,44)41(32-38-19-39-49-32)16-22-7-9-24(45-5)12-29(22)46-6/h7-10,12-14,19-20,23,25H,11,15-18H2,1-6H3/t20?,23-,25-/m0/s1. The molecule has 50 heavy (non-hydrogen) atoms. The van der Waals surface area contributed by atoms with Gasteiger partial charge in [-0.15, -0.1) is 0 Å². The summed E-state index contributed by atoms with van der Waals surface area (Å²) in [4.78, 5) is 17.7. The molecule has 5 rings (SSSR count). The Hall–Kier alpha value is -3.95. The molecule has 3 atom stereocenters. The fraction of sp³-hybridized carbons (Fsp3) is 0.441. The number of amides is 1.